The maximum atomic E-state index is 12.3. The molecule has 8 heteroatoms. The van der Waals surface area contributed by atoms with Gasteiger partial charge in [0.05, 0.1) is 25.7 Å². The number of methoxy groups -OCH3 is 1. The van der Waals surface area contributed by atoms with Crippen LogP contribution in [0.4, 0.5) is 0 Å². The highest BCUT2D eigenvalue weighted by atomic mass is 32.2. The molecule has 0 aromatic rings. The highest BCUT2D eigenvalue weighted by molar-refractivity contribution is 7.87. The molecule has 21 heavy (non-hydrogen) atoms. The van der Waals surface area contributed by atoms with E-state index in [-0.39, 0.29) is 19.6 Å². The number of carbonyl (C=O) groups excluding carboxylic acids is 1. The third-order valence-corrected chi connectivity index (χ3v) is 5.84. The third-order valence-electron chi connectivity index (χ3n) is 4.15. The van der Waals surface area contributed by atoms with Gasteiger partial charge >= 0.3 is 5.97 Å². The second-order valence-corrected chi connectivity index (χ2v) is 7.65. The van der Waals surface area contributed by atoms with Crippen molar-refractivity contribution >= 4 is 16.2 Å². The summed E-state index contributed by atoms with van der Waals surface area (Å²) in [5.41, 5.74) is -0.787. The van der Waals surface area contributed by atoms with Gasteiger partial charge in [0.1, 0.15) is 0 Å². The largest absolute Gasteiger partial charge is 0.469 e. The zero-order valence-corrected chi connectivity index (χ0v) is 13.8. The molecule has 1 fully saturated rings. The molecule has 0 heterocycles. The number of carbonyl (C=O) groups is 1. The van der Waals surface area contributed by atoms with Crippen molar-refractivity contribution in [2.24, 2.45) is 5.92 Å². The fourth-order valence-electron chi connectivity index (χ4n) is 2.43. The lowest BCUT2D eigenvalue weighted by molar-refractivity contribution is -0.140. The van der Waals surface area contributed by atoms with Gasteiger partial charge in [-0.05, 0) is 31.6 Å². The third kappa shape index (κ3) is 5.21. The van der Waals surface area contributed by atoms with Crippen molar-refractivity contribution in [1.82, 2.24) is 9.03 Å². The Morgan fingerprint density at radius 3 is 2.48 bits per heavy atom. The first-order valence-corrected chi connectivity index (χ1v) is 8.61. The summed E-state index contributed by atoms with van der Waals surface area (Å²) in [6.45, 7) is 1.95. The van der Waals surface area contributed by atoms with E-state index in [1.54, 1.807) is 0 Å². The predicted molar refractivity (Wildman–Crippen MR) is 78.8 cm³/mol. The summed E-state index contributed by atoms with van der Waals surface area (Å²) >= 11 is 0. The SMILES string of the molecule is COC(=O)CCN(C)S(=O)(=O)NC1(CO)CCC(C)CC1. The van der Waals surface area contributed by atoms with E-state index < -0.39 is 21.7 Å². The maximum absolute atomic E-state index is 12.3. The smallest absolute Gasteiger partial charge is 0.306 e. The van der Waals surface area contributed by atoms with Gasteiger partial charge in [-0.25, -0.2) is 0 Å². The van der Waals surface area contributed by atoms with Gasteiger partial charge in [-0.1, -0.05) is 6.92 Å². The fourth-order valence-corrected chi connectivity index (χ4v) is 3.73. The van der Waals surface area contributed by atoms with Crippen molar-refractivity contribution < 1.29 is 23.1 Å². The Hall–Kier alpha value is -0.700. The Balaban J connectivity index is 2.66. The number of nitrogens with one attached hydrogen (secondary N) is 1. The Bertz CT molecular complexity index is 443. The molecular formula is C13H26N2O5S. The minimum absolute atomic E-state index is 0.00291. The number of rotatable bonds is 7. The molecule has 0 saturated heterocycles. The molecule has 0 amide bonds. The molecule has 7 nitrogen and oxygen atoms in total. The molecule has 124 valence electrons. The molecule has 0 radical (unpaired) electrons. The molecular weight excluding hydrogens is 296 g/mol. The molecule has 0 aromatic heterocycles. The zero-order valence-electron chi connectivity index (χ0n) is 13.0. The van der Waals surface area contributed by atoms with Crippen molar-refractivity contribution in [3.05, 3.63) is 0 Å². The van der Waals surface area contributed by atoms with Crippen LogP contribution >= 0.6 is 0 Å². The normalized spacial score (nSPS) is 26.8. The van der Waals surface area contributed by atoms with E-state index in [1.165, 1.54) is 14.2 Å². The van der Waals surface area contributed by atoms with Crippen LogP contribution in [-0.4, -0.2) is 56.6 Å². The highest BCUT2D eigenvalue weighted by Gasteiger charge is 2.38. The lowest BCUT2D eigenvalue weighted by atomic mass is 9.78. The molecule has 1 saturated carbocycles. The van der Waals surface area contributed by atoms with Crippen LogP contribution < -0.4 is 4.72 Å². The van der Waals surface area contributed by atoms with Crippen molar-refractivity contribution in [3.8, 4) is 0 Å². The van der Waals surface area contributed by atoms with Crippen molar-refractivity contribution in [2.75, 3.05) is 27.3 Å². The molecule has 0 bridgehead atoms. The Morgan fingerprint density at radius 2 is 2.00 bits per heavy atom. The second-order valence-electron chi connectivity index (χ2n) is 5.88. The first-order valence-electron chi connectivity index (χ1n) is 7.17. The maximum Gasteiger partial charge on any atom is 0.306 e. The van der Waals surface area contributed by atoms with Crippen LogP contribution in [0, 0.1) is 5.92 Å². The number of aliphatic hydroxyl groups is 1. The molecule has 1 rings (SSSR count). The molecule has 0 atom stereocenters. The molecule has 1 aliphatic rings. The van der Waals surface area contributed by atoms with Crippen molar-refractivity contribution in [2.45, 2.75) is 44.6 Å². The fraction of sp³-hybridized carbons (Fsp3) is 0.923. The summed E-state index contributed by atoms with van der Waals surface area (Å²) in [5.74, 6) is 0.0895. The molecule has 0 unspecified atom stereocenters. The minimum atomic E-state index is -3.74. The van der Waals surface area contributed by atoms with Crippen LogP contribution in [0.25, 0.3) is 0 Å². The topological polar surface area (TPSA) is 95.9 Å². The Labute approximate surface area is 126 Å². The molecule has 2 N–H and O–H groups in total. The summed E-state index contributed by atoms with van der Waals surface area (Å²) in [6.07, 6.45) is 3.00. The summed E-state index contributed by atoms with van der Waals surface area (Å²) in [4.78, 5) is 11.1. The Morgan fingerprint density at radius 1 is 1.43 bits per heavy atom. The Kier molecular flexibility index (Phi) is 6.58. The van der Waals surface area contributed by atoms with Crippen molar-refractivity contribution in [1.29, 1.82) is 0 Å². The number of hydrogen-bond donors (Lipinski definition) is 2. The van der Waals surface area contributed by atoms with Crippen LogP contribution in [0.5, 0.6) is 0 Å². The lowest BCUT2D eigenvalue weighted by Gasteiger charge is -2.39. The number of hydrogen-bond acceptors (Lipinski definition) is 5. The van der Waals surface area contributed by atoms with Gasteiger partial charge in [0, 0.05) is 13.6 Å². The first-order chi connectivity index (χ1) is 9.74. The van der Waals surface area contributed by atoms with Gasteiger partial charge in [0.15, 0.2) is 0 Å². The molecule has 1 aliphatic carbocycles. The predicted octanol–water partition coefficient (Wildman–Crippen LogP) is 0.257. The number of ether oxygens (including phenoxy) is 1. The standard InChI is InChI=1S/C13H26N2O5S/c1-11-4-7-13(10-16,8-5-11)14-21(18,19)15(2)9-6-12(17)20-3/h11,14,16H,4-10H2,1-3H3. The molecule has 0 spiro atoms. The number of esters is 1. The number of nitrogens with zero attached hydrogens (tertiary/aromatic N) is 1. The van der Waals surface area contributed by atoms with E-state index in [0.717, 1.165) is 17.1 Å². The lowest BCUT2D eigenvalue weighted by Crippen LogP contribution is -2.56. The van der Waals surface area contributed by atoms with E-state index >= 15 is 0 Å². The van der Waals surface area contributed by atoms with E-state index in [4.69, 9.17) is 0 Å². The van der Waals surface area contributed by atoms with Gasteiger partial charge < -0.3 is 9.84 Å². The average molecular weight is 322 g/mol. The van der Waals surface area contributed by atoms with Gasteiger partial charge in [0.25, 0.3) is 10.2 Å². The van der Waals surface area contributed by atoms with Crippen LogP contribution in [-0.2, 0) is 19.7 Å². The summed E-state index contributed by atoms with van der Waals surface area (Å²) in [6, 6.07) is 0. The number of aliphatic hydroxyl groups excluding tert-OH is 1. The summed E-state index contributed by atoms with van der Waals surface area (Å²) in [5, 5.41) is 9.61. The van der Waals surface area contributed by atoms with Crippen LogP contribution in [0.2, 0.25) is 0 Å². The molecule has 0 aliphatic heterocycles. The quantitative estimate of drug-likeness (QED) is 0.655. The van der Waals surface area contributed by atoms with Gasteiger partial charge in [0.2, 0.25) is 0 Å². The van der Waals surface area contributed by atoms with Gasteiger partial charge in [-0.3, -0.25) is 4.79 Å². The van der Waals surface area contributed by atoms with E-state index in [1.807, 2.05) is 0 Å². The summed E-state index contributed by atoms with van der Waals surface area (Å²) in [7, 11) is -1.07. The zero-order chi connectivity index (χ0) is 16.1. The van der Waals surface area contributed by atoms with Gasteiger partial charge in [-0.2, -0.15) is 17.4 Å². The van der Waals surface area contributed by atoms with Crippen LogP contribution in [0.3, 0.4) is 0 Å². The first kappa shape index (κ1) is 18.3. The highest BCUT2D eigenvalue weighted by Crippen LogP contribution is 2.32. The second kappa shape index (κ2) is 7.53. The van der Waals surface area contributed by atoms with Crippen molar-refractivity contribution in [3.63, 3.8) is 0 Å². The van der Waals surface area contributed by atoms with Crippen LogP contribution in [0.1, 0.15) is 39.0 Å². The van der Waals surface area contributed by atoms with E-state index in [2.05, 4.69) is 16.4 Å². The monoisotopic (exact) mass is 322 g/mol. The molecule has 0 aromatic carbocycles. The van der Waals surface area contributed by atoms with E-state index in [0.29, 0.717) is 18.8 Å². The minimum Gasteiger partial charge on any atom is -0.469 e. The van der Waals surface area contributed by atoms with Crippen LogP contribution in [0.15, 0.2) is 0 Å². The average Bonchev–Trinajstić information content (AvgIpc) is 2.46. The summed E-state index contributed by atoms with van der Waals surface area (Å²) < 4.78 is 32.8. The van der Waals surface area contributed by atoms with E-state index in [9.17, 15) is 18.3 Å². The van der Waals surface area contributed by atoms with Gasteiger partial charge in [-0.15, -0.1) is 0 Å².